The molecular formula is C25H25FN6O2S. The molecule has 0 bridgehead atoms. The second-order valence-electron chi connectivity index (χ2n) is 8.75. The number of carbonyl (C=O) groups excluding carboxylic acids is 2. The van der Waals surface area contributed by atoms with Gasteiger partial charge in [0, 0.05) is 18.5 Å². The Bertz CT molecular complexity index is 1380. The van der Waals surface area contributed by atoms with Crippen LogP contribution in [0.3, 0.4) is 0 Å². The summed E-state index contributed by atoms with van der Waals surface area (Å²) in [4.78, 5) is 32.5. The predicted octanol–water partition coefficient (Wildman–Crippen LogP) is 3.94. The van der Waals surface area contributed by atoms with Crippen LogP contribution in [0, 0.1) is 18.7 Å². The molecule has 0 saturated carbocycles. The molecule has 1 aliphatic heterocycles. The first kappa shape index (κ1) is 23.0. The molecule has 1 saturated heterocycles. The molecule has 1 atom stereocenters. The number of piperidine rings is 1. The Morgan fingerprint density at radius 3 is 2.74 bits per heavy atom. The fourth-order valence-electron chi connectivity index (χ4n) is 4.35. The number of amides is 2. The summed E-state index contributed by atoms with van der Waals surface area (Å²) in [5.74, 6) is -0.190. The number of carbonyl (C=O) groups is 2. The molecule has 1 fully saturated rings. The number of fused-ring (bicyclic) bond motifs is 1. The van der Waals surface area contributed by atoms with E-state index in [1.807, 2.05) is 34.7 Å². The highest BCUT2D eigenvalue weighted by atomic mass is 32.1. The van der Waals surface area contributed by atoms with Crippen molar-refractivity contribution in [2.75, 3.05) is 23.3 Å². The Hall–Kier alpha value is -3.79. The van der Waals surface area contributed by atoms with Crippen LogP contribution in [-0.4, -0.2) is 39.7 Å². The van der Waals surface area contributed by atoms with Crippen LogP contribution in [0.2, 0.25) is 0 Å². The maximum Gasteiger partial charge on any atom is 0.265 e. The maximum atomic E-state index is 13.2. The summed E-state index contributed by atoms with van der Waals surface area (Å²) in [7, 11) is 0. The molecule has 35 heavy (non-hydrogen) atoms. The first-order valence-corrected chi connectivity index (χ1v) is 12.2. The van der Waals surface area contributed by atoms with E-state index in [1.54, 1.807) is 18.3 Å². The number of hydrogen-bond acceptors (Lipinski definition) is 6. The Kier molecular flexibility index (Phi) is 6.21. The summed E-state index contributed by atoms with van der Waals surface area (Å²) in [6.45, 7) is 3.78. The van der Waals surface area contributed by atoms with E-state index in [1.165, 1.54) is 23.5 Å². The zero-order valence-electron chi connectivity index (χ0n) is 19.2. The van der Waals surface area contributed by atoms with Crippen molar-refractivity contribution in [2.45, 2.75) is 26.3 Å². The van der Waals surface area contributed by atoms with Gasteiger partial charge in [0.1, 0.15) is 16.5 Å². The van der Waals surface area contributed by atoms with Gasteiger partial charge in [-0.15, -0.1) is 11.3 Å². The van der Waals surface area contributed by atoms with Gasteiger partial charge in [-0.3, -0.25) is 14.3 Å². The van der Waals surface area contributed by atoms with Crippen molar-refractivity contribution in [1.29, 1.82) is 0 Å². The number of hydrogen-bond donors (Lipinski definition) is 2. The van der Waals surface area contributed by atoms with E-state index in [0.29, 0.717) is 23.7 Å². The molecule has 10 heteroatoms. The summed E-state index contributed by atoms with van der Waals surface area (Å²) >= 11 is 1.37. The molecule has 2 amide bonds. The highest BCUT2D eigenvalue weighted by Crippen LogP contribution is 2.30. The highest BCUT2D eigenvalue weighted by molar-refractivity contribution is 7.20. The predicted molar refractivity (Wildman–Crippen MR) is 134 cm³/mol. The van der Waals surface area contributed by atoms with Gasteiger partial charge in [0.15, 0.2) is 0 Å². The van der Waals surface area contributed by atoms with Gasteiger partial charge in [-0.05, 0) is 55.7 Å². The number of anilines is 2. The Labute approximate surface area is 205 Å². The Morgan fingerprint density at radius 1 is 1.23 bits per heavy atom. The first-order chi connectivity index (χ1) is 16.9. The fourth-order valence-corrected chi connectivity index (χ4v) is 5.41. The van der Waals surface area contributed by atoms with E-state index >= 15 is 0 Å². The lowest BCUT2D eigenvalue weighted by Gasteiger charge is -2.32. The fraction of sp³-hybridized carbons (Fsp3) is 0.280. The third-order valence-electron chi connectivity index (χ3n) is 6.23. The molecule has 5 rings (SSSR count). The molecule has 1 unspecified atom stereocenters. The summed E-state index contributed by atoms with van der Waals surface area (Å²) in [6, 6.07) is 11.8. The quantitative estimate of drug-likeness (QED) is 0.424. The Morgan fingerprint density at radius 2 is 2.03 bits per heavy atom. The number of aryl methyl sites for hydroxylation is 1. The van der Waals surface area contributed by atoms with Crippen LogP contribution in [0.1, 0.15) is 33.8 Å². The standard InChI is InChI=1S/C25H25FN6O2S/c1-15-20-11-21(35-25(20)32(30-15)13-16-4-6-18(26)7-5-16)24(34)29-19-8-9-22(28-12-19)31-10-2-3-17(14-31)23(27)33/h4-9,11-12,17H,2-3,10,13-14H2,1H3,(H2,27,33)(H,29,34). The van der Waals surface area contributed by atoms with Gasteiger partial charge in [-0.25, -0.2) is 9.37 Å². The molecule has 0 spiro atoms. The van der Waals surface area contributed by atoms with Crippen LogP contribution in [0.4, 0.5) is 15.9 Å². The van der Waals surface area contributed by atoms with E-state index in [-0.39, 0.29) is 23.5 Å². The summed E-state index contributed by atoms with van der Waals surface area (Å²) in [5, 5.41) is 8.41. The second kappa shape index (κ2) is 9.46. The van der Waals surface area contributed by atoms with E-state index < -0.39 is 0 Å². The van der Waals surface area contributed by atoms with Gasteiger partial charge in [0.25, 0.3) is 5.91 Å². The Balaban J connectivity index is 1.29. The normalized spacial score (nSPS) is 15.9. The number of nitrogens with zero attached hydrogens (tertiary/aromatic N) is 4. The highest BCUT2D eigenvalue weighted by Gasteiger charge is 2.25. The smallest absolute Gasteiger partial charge is 0.265 e. The lowest BCUT2D eigenvalue weighted by atomic mass is 9.97. The third kappa shape index (κ3) is 4.88. The number of halogens is 1. The largest absolute Gasteiger partial charge is 0.369 e. The number of rotatable bonds is 6. The minimum Gasteiger partial charge on any atom is -0.369 e. The molecule has 0 radical (unpaired) electrons. The minimum absolute atomic E-state index is 0.166. The van der Waals surface area contributed by atoms with Crippen LogP contribution >= 0.6 is 11.3 Å². The number of benzene rings is 1. The van der Waals surface area contributed by atoms with E-state index in [4.69, 9.17) is 5.73 Å². The number of primary amides is 1. The van der Waals surface area contributed by atoms with Gasteiger partial charge < -0.3 is 16.0 Å². The van der Waals surface area contributed by atoms with Crippen LogP contribution in [0.15, 0.2) is 48.7 Å². The molecular weight excluding hydrogens is 467 g/mol. The van der Waals surface area contributed by atoms with E-state index in [9.17, 15) is 14.0 Å². The molecule has 0 aliphatic carbocycles. The summed E-state index contributed by atoms with van der Waals surface area (Å²) in [6.07, 6.45) is 3.31. The van der Waals surface area contributed by atoms with Crippen LogP contribution in [0.5, 0.6) is 0 Å². The van der Waals surface area contributed by atoms with E-state index in [0.717, 1.165) is 46.7 Å². The molecule has 1 aromatic carbocycles. The zero-order chi connectivity index (χ0) is 24.5. The monoisotopic (exact) mass is 492 g/mol. The molecule has 8 nitrogen and oxygen atoms in total. The average Bonchev–Trinajstić information content (AvgIpc) is 3.42. The van der Waals surface area contributed by atoms with Crippen molar-refractivity contribution in [1.82, 2.24) is 14.8 Å². The molecule has 3 aromatic heterocycles. The van der Waals surface area contributed by atoms with Gasteiger partial charge in [-0.1, -0.05) is 12.1 Å². The maximum absolute atomic E-state index is 13.2. The third-order valence-corrected chi connectivity index (χ3v) is 7.38. The summed E-state index contributed by atoms with van der Waals surface area (Å²) in [5.41, 5.74) is 7.82. The topological polar surface area (TPSA) is 106 Å². The molecule has 4 aromatic rings. The molecule has 3 N–H and O–H groups in total. The van der Waals surface area contributed by atoms with Crippen molar-refractivity contribution < 1.29 is 14.0 Å². The number of nitrogens with one attached hydrogen (secondary N) is 1. The number of aromatic nitrogens is 3. The van der Waals surface area contributed by atoms with Crippen molar-refractivity contribution >= 4 is 44.9 Å². The van der Waals surface area contributed by atoms with Crippen molar-refractivity contribution in [3.63, 3.8) is 0 Å². The van der Waals surface area contributed by atoms with Gasteiger partial charge in [-0.2, -0.15) is 5.10 Å². The molecule has 1 aliphatic rings. The van der Waals surface area contributed by atoms with Crippen LogP contribution < -0.4 is 16.0 Å². The number of nitrogens with two attached hydrogens (primary N) is 1. The average molecular weight is 493 g/mol. The second-order valence-corrected chi connectivity index (χ2v) is 9.78. The number of pyridine rings is 1. The zero-order valence-corrected chi connectivity index (χ0v) is 20.0. The summed E-state index contributed by atoms with van der Waals surface area (Å²) < 4.78 is 15.1. The minimum atomic E-state index is -0.280. The van der Waals surface area contributed by atoms with Gasteiger partial charge in [0.05, 0.1) is 34.9 Å². The van der Waals surface area contributed by atoms with Crippen molar-refractivity contribution in [3.05, 3.63) is 70.6 Å². The van der Waals surface area contributed by atoms with Crippen LogP contribution in [-0.2, 0) is 11.3 Å². The molecule has 180 valence electrons. The van der Waals surface area contributed by atoms with E-state index in [2.05, 4.69) is 15.4 Å². The van der Waals surface area contributed by atoms with Crippen molar-refractivity contribution in [3.8, 4) is 0 Å². The van der Waals surface area contributed by atoms with Crippen molar-refractivity contribution in [2.24, 2.45) is 11.7 Å². The molecule has 4 heterocycles. The SMILES string of the molecule is Cc1nn(Cc2ccc(F)cc2)c2sc(C(=O)Nc3ccc(N4CCCC(C(N)=O)C4)nc3)cc12. The van der Waals surface area contributed by atoms with Crippen LogP contribution in [0.25, 0.3) is 10.2 Å². The lowest BCUT2D eigenvalue weighted by molar-refractivity contribution is -0.122. The lowest BCUT2D eigenvalue weighted by Crippen LogP contribution is -2.41. The number of thiophene rings is 1. The first-order valence-electron chi connectivity index (χ1n) is 11.4. The van der Waals surface area contributed by atoms with Gasteiger partial charge in [0.2, 0.25) is 5.91 Å². The van der Waals surface area contributed by atoms with Gasteiger partial charge >= 0.3 is 0 Å².